The first-order valence-electron chi connectivity index (χ1n) is 9.80. The van der Waals surface area contributed by atoms with Crippen LogP contribution in [0.1, 0.15) is 34.3 Å². The van der Waals surface area contributed by atoms with Gasteiger partial charge in [-0.1, -0.05) is 17.7 Å². The second-order valence-corrected chi connectivity index (χ2v) is 8.06. The quantitative estimate of drug-likeness (QED) is 0.593. The van der Waals surface area contributed by atoms with E-state index < -0.39 is 22.4 Å². The summed E-state index contributed by atoms with van der Waals surface area (Å²) in [6, 6.07) is 14.5. The number of carbonyl (C=O) groups is 1. The van der Waals surface area contributed by atoms with Crippen LogP contribution in [0.5, 0.6) is 0 Å². The fourth-order valence-corrected chi connectivity index (χ4v) is 4.09. The predicted octanol–water partition coefficient (Wildman–Crippen LogP) is 5.27. The first-order valence-corrected chi connectivity index (χ1v) is 10.2. The zero-order valence-electron chi connectivity index (χ0n) is 16.4. The number of piperidine rings is 1. The van der Waals surface area contributed by atoms with Gasteiger partial charge in [0.2, 0.25) is 0 Å². The van der Waals surface area contributed by atoms with Crippen molar-refractivity contribution in [1.82, 2.24) is 9.47 Å². The van der Waals surface area contributed by atoms with Crippen molar-refractivity contribution in [2.24, 2.45) is 0 Å². The molecule has 2 heterocycles. The van der Waals surface area contributed by atoms with Gasteiger partial charge in [-0.15, -0.1) is 0 Å². The largest absolute Gasteiger partial charge is 0.417 e. The number of hydrogen-bond acceptors (Lipinski definition) is 2. The summed E-state index contributed by atoms with van der Waals surface area (Å²) in [6.07, 6.45) is -0.516. The first-order chi connectivity index (χ1) is 14.7. The van der Waals surface area contributed by atoms with Crippen molar-refractivity contribution in [3.63, 3.8) is 0 Å². The Morgan fingerprint density at radius 3 is 2.19 bits per heavy atom. The Morgan fingerprint density at radius 2 is 1.61 bits per heavy atom. The molecule has 162 valence electrons. The number of amides is 1. The van der Waals surface area contributed by atoms with Crippen molar-refractivity contribution in [2.45, 2.75) is 24.6 Å². The fraction of sp³-hybridized carbons (Fsp3) is 0.261. The van der Waals surface area contributed by atoms with E-state index in [1.54, 1.807) is 17.0 Å². The van der Waals surface area contributed by atoms with Crippen molar-refractivity contribution in [2.75, 3.05) is 13.1 Å². The van der Waals surface area contributed by atoms with E-state index in [9.17, 15) is 23.1 Å². The number of likely N-dealkylation sites (tertiary alicyclic amines) is 1. The first kappa shape index (κ1) is 21.5. The molecule has 4 rings (SSSR count). The molecule has 1 aromatic heterocycles. The van der Waals surface area contributed by atoms with Crippen LogP contribution in [0.25, 0.3) is 5.69 Å². The minimum Gasteiger partial charge on any atom is -0.385 e. The average Bonchev–Trinajstić information content (AvgIpc) is 3.28. The van der Waals surface area contributed by atoms with E-state index in [0.29, 0.717) is 5.56 Å². The second kappa shape index (κ2) is 8.05. The number of aliphatic hydroxyl groups is 1. The number of halogens is 4. The molecule has 1 amide bonds. The molecule has 1 aliphatic heterocycles. The number of aromatic nitrogens is 1. The Balaban J connectivity index is 1.46. The van der Waals surface area contributed by atoms with Gasteiger partial charge in [-0.3, -0.25) is 4.79 Å². The monoisotopic (exact) mass is 448 g/mol. The molecule has 1 N–H and O–H groups in total. The van der Waals surface area contributed by atoms with E-state index >= 15 is 0 Å². The van der Waals surface area contributed by atoms with Crippen LogP contribution in [0, 0.1) is 0 Å². The summed E-state index contributed by atoms with van der Waals surface area (Å²) in [4.78, 5) is 14.5. The molecule has 0 atom stereocenters. The molecule has 8 heteroatoms. The second-order valence-electron chi connectivity index (χ2n) is 7.65. The standard InChI is InChI=1S/C23H20ClF3N2O2/c24-20-8-5-17(15-19(20)23(25,26)27)22(31)9-13-29(14-10-22)21(30)16-3-6-18(7-4-16)28-11-1-2-12-28/h1-8,11-12,15,31H,9-10,13-14H2. The molecular weight excluding hydrogens is 429 g/mol. The van der Waals surface area contributed by atoms with Gasteiger partial charge in [0.25, 0.3) is 5.91 Å². The molecule has 2 aromatic carbocycles. The van der Waals surface area contributed by atoms with Gasteiger partial charge in [-0.05, 0) is 66.9 Å². The third-order valence-electron chi connectivity index (χ3n) is 5.70. The lowest BCUT2D eigenvalue weighted by atomic mass is 9.83. The van der Waals surface area contributed by atoms with Crippen LogP contribution < -0.4 is 0 Å². The van der Waals surface area contributed by atoms with E-state index in [4.69, 9.17) is 11.6 Å². The molecular formula is C23H20ClF3N2O2. The highest BCUT2D eigenvalue weighted by molar-refractivity contribution is 6.31. The van der Waals surface area contributed by atoms with Crippen molar-refractivity contribution in [1.29, 1.82) is 0 Å². The molecule has 0 bridgehead atoms. The van der Waals surface area contributed by atoms with Crippen molar-refractivity contribution >= 4 is 17.5 Å². The molecule has 0 radical (unpaired) electrons. The van der Waals surface area contributed by atoms with E-state index in [0.717, 1.165) is 17.8 Å². The number of nitrogens with zero attached hydrogens (tertiary/aromatic N) is 2. The van der Waals surface area contributed by atoms with Crippen LogP contribution >= 0.6 is 11.6 Å². The van der Waals surface area contributed by atoms with Gasteiger partial charge in [0, 0.05) is 36.7 Å². The van der Waals surface area contributed by atoms with Crippen molar-refractivity contribution in [3.05, 3.63) is 88.7 Å². The van der Waals surface area contributed by atoms with Crippen LogP contribution in [0.4, 0.5) is 13.2 Å². The number of carbonyl (C=O) groups excluding carboxylic acids is 1. The van der Waals surface area contributed by atoms with Crippen LogP contribution in [0.15, 0.2) is 67.0 Å². The van der Waals surface area contributed by atoms with Crippen LogP contribution in [0.3, 0.4) is 0 Å². The maximum absolute atomic E-state index is 13.2. The van der Waals surface area contributed by atoms with E-state index in [2.05, 4.69) is 0 Å². The molecule has 1 fully saturated rings. The lowest BCUT2D eigenvalue weighted by Gasteiger charge is -2.39. The third-order valence-corrected chi connectivity index (χ3v) is 6.03. The highest BCUT2D eigenvalue weighted by atomic mass is 35.5. The van der Waals surface area contributed by atoms with Crippen LogP contribution in [-0.2, 0) is 11.8 Å². The van der Waals surface area contributed by atoms with Gasteiger partial charge in [-0.25, -0.2) is 0 Å². The van der Waals surface area contributed by atoms with Crippen molar-refractivity contribution < 1.29 is 23.1 Å². The van der Waals surface area contributed by atoms with Gasteiger partial charge >= 0.3 is 6.18 Å². The van der Waals surface area contributed by atoms with Crippen LogP contribution in [0.2, 0.25) is 5.02 Å². The highest BCUT2D eigenvalue weighted by Gasteiger charge is 2.39. The minimum absolute atomic E-state index is 0.138. The summed E-state index contributed by atoms with van der Waals surface area (Å²) in [5, 5.41) is 10.6. The summed E-state index contributed by atoms with van der Waals surface area (Å²) in [6.45, 7) is 0.470. The number of alkyl halides is 3. The summed E-state index contributed by atoms with van der Waals surface area (Å²) < 4.78 is 41.4. The zero-order valence-corrected chi connectivity index (χ0v) is 17.2. The van der Waals surface area contributed by atoms with Gasteiger partial charge < -0.3 is 14.6 Å². The molecule has 0 unspecified atom stereocenters. The number of benzene rings is 2. The Hall–Kier alpha value is -2.77. The Kier molecular flexibility index (Phi) is 5.58. The van der Waals surface area contributed by atoms with Gasteiger partial charge in [0.1, 0.15) is 0 Å². The molecule has 0 aliphatic carbocycles. The van der Waals surface area contributed by atoms with Crippen LogP contribution in [-0.4, -0.2) is 33.6 Å². The lowest BCUT2D eigenvalue weighted by Crippen LogP contribution is -2.45. The average molecular weight is 449 g/mol. The maximum Gasteiger partial charge on any atom is 0.417 e. The summed E-state index contributed by atoms with van der Waals surface area (Å²) in [5.74, 6) is -0.173. The molecule has 0 spiro atoms. The molecule has 0 saturated carbocycles. The number of hydrogen-bond donors (Lipinski definition) is 1. The van der Waals surface area contributed by atoms with Crippen molar-refractivity contribution in [3.8, 4) is 5.69 Å². The topological polar surface area (TPSA) is 45.5 Å². The summed E-state index contributed by atoms with van der Waals surface area (Å²) in [5.41, 5.74) is -0.807. The Morgan fingerprint density at radius 1 is 1.00 bits per heavy atom. The Bertz CT molecular complexity index is 1070. The lowest BCUT2D eigenvalue weighted by molar-refractivity contribution is -0.137. The third kappa shape index (κ3) is 4.34. The van der Waals surface area contributed by atoms with E-state index in [1.807, 2.05) is 41.2 Å². The van der Waals surface area contributed by atoms with Gasteiger partial charge in [-0.2, -0.15) is 13.2 Å². The normalized spacial score (nSPS) is 16.4. The molecule has 3 aromatic rings. The molecule has 31 heavy (non-hydrogen) atoms. The van der Waals surface area contributed by atoms with Gasteiger partial charge in [0.05, 0.1) is 16.2 Å². The fourth-order valence-electron chi connectivity index (χ4n) is 3.87. The van der Waals surface area contributed by atoms with E-state index in [1.165, 1.54) is 6.07 Å². The number of rotatable bonds is 3. The zero-order chi connectivity index (χ0) is 22.2. The minimum atomic E-state index is -4.60. The highest BCUT2D eigenvalue weighted by Crippen LogP contribution is 2.40. The smallest absolute Gasteiger partial charge is 0.385 e. The van der Waals surface area contributed by atoms with E-state index in [-0.39, 0.29) is 37.4 Å². The maximum atomic E-state index is 13.2. The SMILES string of the molecule is O=C(c1ccc(-n2cccc2)cc1)N1CCC(O)(c2ccc(Cl)c(C(F)(F)F)c2)CC1. The molecule has 1 aliphatic rings. The summed E-state index contributed by atoms with van der Waals surface area (Å²) in [7, 11) is 0. The predicted molar refractivity (Wildman–Crippen MR) is 111 cm³/mol. The molecule has 1 saturated heterocycles. The summed E-state index contributed by atoms with van der Waals surface area (Å²) >= 11 is 5.69. The molecule has 4 nitrogen and oxygen atoms in total. The Labute approximate surface area is 182 Å². The van der Waals surface area contributed by atoms with Gasteiger partial charge in [0.15, 0.2) is 0 Å².